The quantitative estimate of drug-likeness (QED) is 0.910. The van der Waals surface area contributed by atoms with Crippen LogP contribution in [0, 0.1) is 0 Å². The SMILES string of the molecule is O=C(O)c1ccc(CNC(=O)[C@H]2CCOc3ccccc32)cc1. The molecular weight excluding hydrogens is 294 g/mol. The fraction of sp³-hybridized carbons (Fsp3) is 0.222. The van der Waals surface area contributed by atoms with Gasteiger partial charge in [0, 0.05) is 12.1 Å². The number of fused-ring (bicyclic) bond motifs is 1. The van der Waals surface area contributed by atoms with Gasteiger partial charge in [0.05, 0.1) is 18.1 Å². The molecule has 23 heavy (non-hydrogen) atoms. The number of carbonyl (C=O) groups is 2. The molecular formula is C18H17NO4. The predicted octanol–water partition coefficient (Wildman–Crippen LogP) is 2.57. The van der Waals surface area contributed by atoms with Gasteiger partial charge in [0.15, 0.2) is 0 Å². The molecule has 0 saturated heterocycles. The maximum absolute atomic E-state index is 12.4. The summed E-state index contributed by atoms with van der Waals surface area (Å²) in [6, 6.07) is 14.1. The van der Waals surface area contributed by atoms with E-state index in [2.05, 4.69) is 5.32 Å². The molecule has 0 aliphatic carbocycles. The third-order valence-electron chi connectivity index (χ3n) is 3.94. The monoisotopic (exact) mass is 311 g/mol. The Labute approximate surface area is 133 Å². The molecule has 1 aliphatic rings. The molecule has 5 nitrogen and oxygen atoms in total. The largest absolute Gasteiger partial charge is 0.493 e. The van der Waals surface area contributed by atoms with Crippen LogP contribution in [0.4, 0.5) is 0 Å². The molecule has 2 aromatic rings. The number of amides is 1. The fourth-order valence-corrected chi connectivity index (χ4v) is 2.69. The summed E-state index contributed by atoms with van der Waals surface area (Å²) in [5.74, 6) is -0.439. The Balaban J connectivity index is 1.65. The number of rotatable bonds is 4. The zero-order valence-corrected chi connectivity index (χ0v) is 12.5. The highest BCUT2D eigenvalue weighted by atomic mass is 16.5. The van der Waals surface area contributed by atoms with Crippen LogP contribution in [0.1, 0.15) is 33.8 Å². The van der Waals surface area contributed by atoms with Crippen LogP contribution in [0.25, 0.3) is 0 Å². The number of carboxylic acids is 1. The van der Waals surface area contributed by atoms with Crippen molar-refractivity contribution in [1.82, 2.24) is 5.32 Å². The van der Waals surface area contributed by atoms with Crippen LogP contribution >= 0.6 is 0 Å². The highest BCUT2D eigenvalue weighted by molar-refractivity contribution is 5.87. The summed E-state index contributed by atoms with van der Waals surface area (Å²) in [5, 5.41) is 11.8. The lowest BCUT2D eigenvalue weighted by atomic mass is 9.92. The smallest absolute Gasteiger partial charge is 0.335 e. The molecule has 0 saturated carbocycles. The van der Waals surface area contributed by atoms with E-state index in [0.717, 1.165) is 16.9 Å². The molecule has 0 aromatic heterocycles. The fourth-order valence-electron chi connectivity index (χ4n) is 2.69. The highest BCUT2D eigenvalue weighted by Crippen LogP contribution is 2.33. The van der Waals surface area contributed by atoms with Gasteiger partial charge in [0.1, 0.15) is 5.75 Å². The number of para-hydroxylation sites is 1. The van der Waals surface area contributed by atoms with E-state index in [1.54, 1.807) is 12.1 Å². The van der Waals surface area contributed by atoms with E-state index in [-0.39, 0.29) is 17.4 Å². The van der Waals surface area contributed by atoms with Crippen molar-refractivity contribution in [2.24, 2.45) is 0 Å². The molecule has 0 unspecified atom stereocenters. The molecule has 118 valence electrons. The Bertz CT molecular complexity index is 724. The third-order valence-corrected chi connectivity index (χ3v) is 3.94. The van der Waals surface area contributed by atoms with E-state index in [1.807, 2.05) is 24.3 Å². The summed E-state index contributed by atoms with van der Waals surface area (Å²) in [5.41, 5.74) is 2.01. The van der Waals surface area contributed by atoms with Gasteiger partial charge in [-0.1, -0.05) is 30.3 Å². The van der Waals surface area contributed by atoms with Gasteiger partial charge < -0.3 is 15.2 Å². The Morgan fingerprint density at radius 2 is 1.87 bits per heavy atom. The minimum atomic E-state index is -0.959. The Hall–Kier alpha value is -2.82. The molecule has 1 atom stereocenters. The lowest BCUT2D eigenvalue weighted by Gasteiger charge is -2.25. The molecule has 1 aliphatic heterocycles. The molecule has 2 N–H and O–H groups in total. The second-order valence-electron chi connectivity index (χ2n) is 5.45. The van der Waals surface area contributed by atoms with Crippen LogP contribution in [0.15, 0.2) is 48.5 Å². The molecule has 0 radical (unpaired) electrons. The van der Waals surface area contributed by atoms with Crippen molar-refractivity contribution in [1.29, 1.82) is 0 Å². The van der Waals surface area contributed by atoms with Crippen molar-refractivity contribution in [3.05, 3.63) is 65.2 Å². The summed E-state index contributed by atoms with van der Waals surface area (Å²) >= 11 is 0. The van der Waals surface area contributed by atoms with E-state index < -0.39 is 5.97 Å². The number of ether oxygens (including phenoxy) is 1. The third kappa shape index (κ3) is 3.34. The Morgan fingerprint density at radius 3 is 2.61 bits per heavy atom. The molecule has 1 amide bonds. The van der Waals surface area contributed by atoms with Gasteiger partial charge >= 0.3 is 5.97 Å². The van der Waals surface area contributed by atoms with Crippen LogP contribution in [0.3, 0.4) is 0 Å². The van der Waals surface area contributed by atoms with Crippen molar-refractivity contribution >= 4 is 11.9 Å². The Kier molecular flexibility index (Phi) is 4.28. The first-order valence-corrected chi connectivity index (χ1v) is 7.47. The lowest BCUT2D eigenvalue weighted by molar-refractivity contribution is -0.123. The number of hydrogen-bond donors (Lipinski definition) is 2. The first kappa shape index (κ1) is 15.1. The second kappa shape index (κ2) is 6.52. The van der Waals surface area contributed by atoms with Crippen LogP contribution in [0.2, 0.25) is 0 Å². The van der Waals surface area contributed by atoms with E-state index in [9.17, 15) is 9.59 Å². The van der Waals surface area contributed by atoms with Crippen LogP contribution in [0.5, 0.6) is 5.75 Å². The number of carbonyl (C=O) groups excluding carboxylic acids is 1. The molecule has 0 fully saturated rings. The van der Waals surface area contributed by atoms with Crippen LogP contribution < -0.4 is 10.1 Å². The molecule has 5 heteroatoms. The second-order valence-corrected chi connectivity index (χ2v) is 5.45. The molecule has 2 aromatic carbocycles. The average Bonchev–Trinajstić information content (AvgIpc) is 2.59. The first-order valence-electron chi connectivity index (χ1n) is 7.47. The predicted molar refractivity (Wildman–Crippen MR) is 84.5 cm³/mol. The van der Waals surface area contributed by atoms with Gasteiger partial charge in [-0.05, 0) is 30.2 Å². The maximum Gasteiger partial charge on any atom is 0.335 e. The minimum Gasteiger partial charge on any atom is -0.493 e. The number of hydrogen-bond acceptors (Lipinski definition) is 3. The van der Waals surface area contributed by atoms with Crippen molar-refractivity contribution in [2.75, 3.05) is 6.61 Å². The van der Waals surface area contributed by atoms with Crippen molar-refractivity contribution < 1.29 is 19.4 Å². The van der Waals surface area contributed by atoms with Crippen LogP contribution in [-0.4, -0.2) is 23.6 Å². The molecule has 3 rings (SSSR count). The minimum absolute atomic E-state index is 0.0388. The lowest BCUT2D eigenvalue weighted by Crippen LogP contribution is -2.32. The number of nitrogens with one attached hydrogen (secondary N) is 1. The van der Waals surface area contributed by atoms with Gasteiger partial charge in [-0.2, -0.15) is 0 Å². The van der Waals surface area contributed by atoms with Crippen LogP contribution in [-0.2, 0) is 11.3 Å². The normalized spacial score (nSPS) is 16.1. The molecule has 0 bridgehead atoms. The first-order chi connectivity index (χ1) is 11.1. The summed E-state index contributed by atoms with van der Waals surface area (Å²) in [6.45, 7) is 0.903. The van der Waals surface area contributed by atoms with E-state index >= 15 is 0 Å². The maximum atomic E-state index is 12.4. The average molecular weight is 311 g/mol. The summed E-state index contributed by atoms with van der Waals surface area (Å²) < 4.78 is 5.57. The number of aromatic carboxylic acids is 1. The number of carboxylic acid groups (broad SMARTS) is 1. The Morgan fingerprint density at radius 1 is 1.13 bits per heavy atom. The topological polar surface area (TPSA) is 75.6 Å². The summed E-state index contributed by atoms with van der Waals surface area (Å²) in [4.78, 5) is 23.3. The van der Waals surface area contributed by atoms with Crippen molar-refractivity contribution in [3.8, 4) is 5.75 Å². The molecule has 0 spiro atoms. The van der Waals surface area contributed by atoms with Gasteiger partial charge in [-0.15, -0.1) is 0 Å². The number of benzene rings is 2. The van der Waals surface area contributed by atoms with Crippen molar-refractivity contribution in [3.63, 3.8) is 0 Å². The molecule has 1 heterocycles. The zero-order chi connectivity index (χ0) is 16.2. The standard InChI is InChI=1S/C18H17NO4/c20-17(15-9-10-23-16-4-2-1-3-14(15)16)19-11-12-5-7-13(8-6-12)18(21)22/h1-8,15H,9-11H2,(H,19,20)(H,21,22)/t15-/m0/s1. The van der Waals surface area contributed by atoms with Crippen molar-refractivity contribution in [2.45, 2.75) is 18.9 Å². The van der Waals surface area contributed by atoms with Gasteiger partial charge in [0.25, 0.3) is 0 Å². The van der Waals surface area contributed by atoms with Gasteiger partial charge in [0.2, 0.25) is 5.91 Å². The zero-order valence-electron chi connectivity index (χ0n) is 12.5. The van der Waals surface area contributed by atoms with Gasteiger partial charge in [-0.25, -0.2) is 4.79 Å². The summed E-state index contributed by atoms with van der Waals surface area (Å²) in [6.07, 6.45) is 0.654. The van der Waals surface area contributed by atoms with E-state index in [4.69, 9.17) is 9.84 Å². The van der Waals surface area contributed by atoms with E-state index in [1.165, 1.54) is 12.1 Å². The summed E-state index contributed by atoms with van der Waals surface area (Å²) in [7, 11) is 0. The highest BCUT2D eigenvalue weighted by Gasteiger charge is 2.27. The van der Waals surface area contributed by atoms with E-state index in [0.29, 0.717) is 19.6 Å². The van der Waals surface area contributed by atoms with Gasteiger partial charge in [-0.3, -0.25) is 4.79 Å².